The molecule has 26 heavy (non-hydrogen) atoms. The summed E-state index contributed by atoms with van der Waals surface area (Å²) in [5, 5.41) is 9.60. The molecule has 0 bridgehead atoms. The van der Waals surface area contributed by atoms with Crippen molar-refractivity contribution in [3.05, 3.63) is 34.9 Å². The molecule has 1 aliphatic rings. The second kappa shape index (κ2) is 7.78. The van der Waals surface area contributed by atoms with Crippen molar-refractivity contribution >= 4 is 19.6 Å². The van der Waals surface area contributed by atoms with Crippen molar-refractivity contribution in [2.45, 2.75) is 39.8 Å². The molecule has 8 nitrogen and oxygen atoms in total. The number of rotatable bonds is 5. The van der Waals surface area contributed by atoms with Gasteiger partial charge >= 0.3 is 19.6 Å². The molecule has 0 fully saturated rings. The zero-order valence-corrected chi connectivity index (χ0v) is 16.0. The molecule has 3 N–H and O–H groups in total. The van der Waals surface area contributed by atoms with E-state index in [2.05, 4.69) is 0 Å². The second-order valence-corrected chi connectivity index (χ2v) is 8.72. The fourth-order valence-corrected chi connectivity index (χ4v) is 3.94. The number of nitrogens with zero attached hydrogens (tertiary/aromatic N) is 2. The molecule has 0 saturated heterocycles. The number of carbonyl (C=O) groups is 2. The second-order valence-electron chi connectivity index (χ2n) is 7.10. The van der Waals surface area contributed by atoms with Crippen molar-refractivity contribution in [3.63, 3.8) is 0 Å². The van der Waals surface area contributed by atoms with E-state index in [-0.39, 0.29) is 25.4 Å². The summed E-state index contributed by atoms with van der Waals surface area (Å²) in [6, 6.07) is 3.85. The molecule has 2 amide bonds. The van der Waals surface area contributed by atoms with Crippen LogP contribution in [0, 0.1) is 12.8 Å². The quantitative estimate of drug-likeness (QED) is 0.669. The van der Waals surface area contributed by atoms with Gasteiger partial charge in [0.05, 0.1) is 0 Å². The summed E-state index contributed by atoms with van der Waals surface area (Å²) in [4.78, 5) is 45.6. The summed E-state index contributed by atoms with van der Waals surface area (Å²) < 4.78 is 11.4. The third kappa shape index (κ3) is 4.84. The molecule has 2 rings (SSSR count). The maximum absolute atomic E-state index is 13.0. The first-order chi connectivity index (χ1) is 12.0. The van der Waals surface area contributed by atoms with E-state index in [0.29, 0.717) is 0 Å². The first-order valence-electron chi connectivity index (χ1n) is 8.40. The number of carboxylic acids is 1. The summed E-state index contributed by atoms with van der Waals surface area (Å²) in [6.45, 7) is 5.77. The Morgan fingerprint density at radius 2 is 2.00 bits per heavy atom. The summed E-state index contributed by atoms with van der Waals surface area (Å²) >= 11 is 0. The highest BCUT2D eigenvalue weighted by Crippen LogP contribution is 2.36. The van der Waals surface area contributed by atoms with Crippen molar-refractivity contribution in [2.75, 3.05) is 12.8 Å². The summed E-state index contributed by atoms with van der Waals surface area (Å²) in [5.41, 5.74) is 2.74. The van der Waals surface area contributed by atoms with Gasteiger partial charge in [-0.2, -0.15) is 0 Å². The maximum atomic E-state index is 13.0. The average Bonchev–Trinajstić information content (AvgIpc) is 2.51. The van der Waals surface area contributed by atoms with Crippen molar-refractivity contribution < 1.29 is 29.0 Å². The first kappa shape index (κ1) is 20.4. The number of hydrogen-bond acceptors (Lipinski definition) is 3. The van der Waals surface area contributed by atoms with E-state index in [4.69, 9.17) is 0 Å². The lowest BCUT2D eigenvalue weighted by atomic mass is 9.90. The van der Waals surface area contributed by atoms with Gasteiger partial charge in [0.25, 0.3) is 0 Å². The minimum Gasteiger partial charge on any atom is -0.480 e. The van der Waals surface area contributed by atoms with E-state index in [0.717, 1.165) is 21.6 Å². The van der Waals surface area contributed by atoms with Crippen LogP contribution in [-0.4, -0.2) is 55.6 Å². The van der Waals surface area contributed by atoms with Crippen molar-refractivity contribution in [3.8, 4) is 0 Å². The Morgan fingerprint density at radius 1 is 1.35 bits per heavy atom. The standard InChI is InChI=1S/C17H25N2O6P/c1-11(2)8-18(10-26(23,24)25)17(22)19-9-13-6-4-5-12(3)14(13)7-15(19)16(20)21/h4-6,11,15H,7-10H2,1-3H3,(H,20,21)(H2,23,24,25). The number of aliphatic carboxylic acids is 1. The zero-order chi connectivity index (χ0) is 19.6. The van der Waals surface area contributed by atoms with Crippen molar-refractivity contribution in [2.24, 2.45) is 5.92 Å². The predicted molar refractivity (Wildman–Crippen MR) is 95.7 cm³/mol. The minimum absolute atomic E-state index is 0.0203. The molecule has 9 heteroatoms. The molecule has 1 unspecified atom stereocenters. The molecular formula is C17H25N2O6P. The van der Waals surface area contributed by atoms with Gasteiger partial charge < -0.3 is 24.7 Å². The van der Waals surface area contributed by atoms with E-state index in [9.17, 15) is 29.0 Å². The number of hydrogen-bond donors (Lipinski definition) is 3. The highest BCUT2D eigenvalue weighted by Gasteiger charge is 2.38. The highest BCUT2D eigenvalue weighted by molar-refractivity contribution is 7.51. The molecule has 0 saturated carbocycles. The normalized spacial score (nSPS) is 17.2. The lowest BCUT2D eigenvalue weighted by Gasteiger charge is -2.38. The van der Waals surface area contributed by atoms with E-state index in [1.165, 1.54) is 4.90 Å². The molecule has 1 heterocycles. The fraction of sp³-hybridized carbons (Fsp3) is 0.529. The third-order valence-electron chi connectivity index (χ3n) is 4.36. The van der Waals surface area contributed by atoms with Crippen LogP contribution in [-0.2, 0) is 22.3 Å². The number of aryl methyl sites for hydroxylation is 1. The zero-order valence-electron chi connectivity index (χ0n) is 15.1. The smallest absolute Gasteiger partial charge is 0.344 e. The van der Waals surface area contributed by atoms with Crippen LogP contribution in [0.2, 0.25) is 0 Å². The fourth-order valence-electron chi connectivity index (χ4n) is 3.26. The Kier molecular flexibility index (Phi) is 6.11. The van der Waals surface area contributed by atoms with Gasteiger partial charge in [-0.3, -0.25) is 4.57 Å². The SMILES string of the molecule is Cc1cccc2c1CC(C(=O)O)N(C(=O)N(CC(C)C)CP(=O)(O)O)C2. The van der Waals surface area contributed by atoms with Gasteiger partial charge in [-0.1, -0.05) is 32.0 Å². The van der Waals surface area contributed by atoms with Crippen LogP contribution in [0.25, 0.3) is 0 Å². The molecule has 144 valence electrons. The van der Waals surface area contributed by atoms with E-state index >= 15 is 0 Å². The lowest BCUT2D eigenvalue weighted by Crippen LogP contribution is -2.54. The van der Waals surface area contributed by atoms with Crippen LogP contribution in [0.15, 0.2) is 18.2 Å². The van der Waals surface area contributed by atoms with E-state index in [1.807, 2.05) is 39.0 Å². The number of carbonyl (C=O) groups excluding carboxylic acids is 1. The van der Waals surface area contributed by atoms with Crippen LogP contribution in [0.4, 0.5) is 4.79 Å². The van der Waals surface area contributed by atoms with Gasteiger partial charge in [-0.05, 0) is 29.5 Å². The summed E-state index contributed by atoms with van der Waals surface area (Å²) in [5.74, 6) is -1.15. The largest absolute Gasteiger partial charge is 0.480 e. The summed E-state index contributed by atoms with van der Waals surface area (Å²) in [6.07, 6.45) is -0.554. The molecule has 1 atom stereocenters. The molecule has 1 aromatic rings. The van der Waals surface area contributed by atoms with Crippen molar-refractivity contribution in [1.82, 2.24) is 9.80 Å². The topological polar surface area (TPSA) is 118 Å². The Balaban J connectivity index is 2.36. The molecule has 0 spiro atoms. The van der Waals surface area contributed by atoms with Gasteiger partial charge in [0, 0.05) is 19.5 Å². The van der Waals surface area contributed by atoms with Crippen LogP contribution in [0.1, 0.15) is 30.5 Å². The van der Waals surface area contributed by atoms with Crippen LogP contribution in [0.3, 0.4) is 0 Å². The van der Waals surface area contributed by atoms with Crippen LogP contribution < -0.4 is 0 Å². The molecular weight excluding hydrogens is 359 g/mol. The molecule has 1 aromatic carbocycles. The van der Waals surface area contributed by atoms with Crippen molar-refractivity contribution in [1.29, 1.82) is 0 Å². The van der Waals surface area contributed by atoms with E-state index in [1.54, 1.807) is 0 Å². The number of fused-ring (bicyclic) bond motifs is 1. The molecule has 1 aliphatic heterocycles. The van der Waals surface area contributed by atoms with Gasteiger partial charge in [-0.25, -0.2) is 9.59 Å². The van der Waals surface area contributed by atoms with Crippen LogP contribution >= 0.6 is 7.60 Å². The lowest BCUT2D eigenvalue weighted by molar-refractivity contribution is -0.142. The monoisotopic (exact) mass is 384 g/mol. The Labute approximate surface area is 152 Å². The van der Waals surface area contributed by atoms with Gasteiger partial charge in [0.1, 0.15) is 12.3 Å². The number of benzene rings is 1. The summed E-state index contributed by atoms with van der Waals surface area (Å²) in [7, 11) is -4.47. The van der Waals surface area contributed by atoms with Gasteiger partial charge in [0.2, 0.25) is 0 Å². The van der Waals surface area contributed by atoms with Gasteiger partial charge in [0.15, 0.2) is 0 Å². The molecule has 0 aliphatic carbocycles. The maximum Gasteiger partial charge on any atom is 0.344 e. The van der Waals surface area contributed by atoms with Crippen LogP contribution in [0.5, 0.6) is 0 Å². The highest BCUT2D eigenvalue weighted by atomic mass is 31.2. The average molecular weight is 384 g/mol. The Bertz CT molecular complexity index is 745. The Hall–Kier alpha value is -1.89. The van der Waals surface area contributed by atoms with E-state index < -0.39 is 31.9 Å². The Morgan fingerprint density at radius 3 is 2.54 bits per heavy atom. The third-order valence-corrected chi connectivity index (χ3v) is 5.07. The number of urea groups is 1. The number of carboxylic acid groups (broad SMARTS) is 1. The van der Waals surface area contributed by atoms with Gasteiger partial charge in [-0.15, -0.1) is 0 Å². The molecule has 0 aromatic heterocycles. The predicted octanol–water partition coefficient (Wildman–Crippen LogP) is 2.02. The number of amides is 2. The first-order valence-corrected chi connectivity index (χ1v) is 10.2. The molecule has 0 radical (unpaired) electrons. The minimum atomic E-state index is -4.47.